The van der Waals surface area contributed by atoms with Crippen molar-refractivity contribution >= 4 is 15.7 Å². The molecular weight excluding hydrogens is 279 g/mol. The molecule has 0 atom stereocenters. The monoisotopic (exact) mass is 300 g/mol. The van der Waals surface area contributed by atoms with Crippen LogP contribution in [0.2, 0.25) is 0 Å². The first-order valence-electron chi connectivity index (χ1n) is 6.83. The van der Waals surface area contributed by atoms with Crippen LogP contribution in [0.3, 0.4) is 0 Å². The van der Waals surface area contributed by atoms with E-state index < -0.39 is 21.4 Å². The smallest absolute Gasteiger partial charge is 0.241 e. The normalized spacial score (nSPS) is 18.9. The van der Waals surface area contributed by atoms with Gasteiger partial charge in [0.2, 0.25) is 10.0 Å². The maximum Gasteiger partial charge on any atom is 0.241 e. The summed E-state index contributed by atoms with van der Waals surface area (Å²) < 4.78 is 41.4. The average molecular weight is 300 g/mol. The summed E-state index contributed by atoms with van der Waals surface area (Å²) in [5.74, 6) is -0.598. The van der Waals surface area contributed by atoms with Crippen molar-refractivity contribution in [3.63, 3.8) is 0 Å². The second kappa shape index (κ2) is 5.33. The van der Waals surface area contributed by atoms with Crippen LogP contribution in [0.5, 0.6) is 0 Å². The van der Waals surface area contributed by atoms with Gasteiger partial charge in [0.25, 0.3) is 0 Å². The predicted octanol–water partition coefficient (Wildman–Crippen LogP) is 2.72. The third-order valence-corrected chi connectivity index (χ3v) is 5.71. The van der Waals surface area contributed by atoms with Crippen molar-refractivity contribution in [3.8, 4) is 0 Å². The molecule has 0 aliphatic heterocycles. The largest absolute Gasteiger partial charge is 0.399 e. The molecule has 0 bridgehead atoms. The van der Waals surface area contributed by atoms with E-state index in [0.717, 1.165) is 38.2 Å². The Kier molecular flexibility index (Phi) is 4.07. The highest BCUT2D eigenvalue weighted by atomic mass is 32.2. The Balaban J connectivity index is 2.36. The van der Waals surface area contributed by atoms with Gasteiger partial charge in [0.1, 0.15) is 5.82 Å². The number of nitrogens with one attached hydrogen (secondary N) is 1. The van der Waals surface area contributed by atoms with Gasteiger partial charge in [0.05, 0.1) is 4.90 Å². The molecule has 1 aliphatic rings. The second-order valence-electron chi connectivity index (χ2n) is 5.85. The highest BCUT2D eigenvalue weighted by Crippen LogP contribution is 2.30. The van der Waals surface area contributed by atoms with Crippen LogP contribution in [0.15, 0.2) is 17.0 Å². The minimum atomic E-state index is -3.76. The lowest BCUT2D eigenvalue weighted by Gasteiger charge is -2.34. The molecule has 1 aromatic carbocycles. The van der Waals surface area contributed by atoms with E-state index in [1.54, 1.807) is 0 Å². The maximum atomic E-state index is 13.7. The lowest BCUT2D eigenvalue weighted by Crippen LogP contribution is -2.47. The molecule has 4 nitrogen and oxygen atoms in total. The van der Waals surface area contributed by atoms with E-state index in [1.807, 2.05) is 6.92 Å². The number of sulfonamides is 1. The fourth-order valence-electron chi connectivity index (χ4n) is 2.77. The van der Waals surface area contributed by atoms with E-state index in [-0.39, 0.29) is 16.1 Å². The number of benzene rings is 1. The van der Waals surface area contributed by atoms with Crippen LogP contribution in [-0.4, -0.2) is 14.0 Å². The molecule has 1 aliphatic carbocycles. The summed E-state index contributed by atoms with van der Waals surface area (Å²) in [4.78, 5) is -0.0678. The number of anilines is 1. The number of rotatable bonds is 3. The van der Waals surface area contributed by atoms with E-state index >= 15 is 0 Å². The standard InChI is InChI=1S/C14H21FN2O2S/c1-10-12(15)8-11(16)9-13(10)20(18,19)17-14(2)6-4-3-5-7-14/h8-9,17H,3-7,16H2,1-2H3. The zero-order chi connectivity index (χ0) is 15.0. The Labute approximate surface area is 119 Å². The summed E-state index contributed by atoms with van der Waals surface area (Å²) >= 11 is 0. The number of hydrogen-bond donors (Lipinski definition) is 2. The molecule has 2 rings (SSSR count). The Hall–Kier alpha value is -1.14. The van der Waals surface area contributed by atoms with Crippen molar-refractivity contribution in [2.75, 3.05) is 5.73 Å². The molecule has 3 N–H and O–H groups in total. The number of halogens is 1. The molecule has 112 valence electrons. The average Bonchev–Trinajstić information content (AvgIpc) is 2.33. The lowest BCUT2D eigenvalue weighted by molar-refractivity contribution is 0.294. The Morgan fingerprint density at radius 3 is 2.45 bits per heavy atom. The van der Waals surface area contributed by atoms with Gasteiger partial charge < -0.3 is 5.73 Å². The van der Waals surface area contributed by atoms with Crippen molar-refractivity contribution in [2.24, 2.45) is 0 Å². The molecule has 0 heterocycles. The highest BCUT2D eigenvalue weighted by Gasteiger charge is 2.33. The van der Waals surface area contributed by atoms with E-state index in [9.17, 15) is 12.8 Å². The van der Waals surface area contributed by atoms with Gasteiger partial charge in [-0.25, -0.2) is 17.5 Å². The first-order valence-corrected chi connectivity index (χ1v) is 8.31. The van der Waals surface area contributed by atoms with E-state index in [4.69, 9.17) is 5.73 Å². The molecule has 1 fully saturated rings. The maximum absolute atomic E-state index is 13.7. The summed E-state index contributed by atoms with van der Waals surface area (Å²) in [6.45, 7) is 3.36. The SMILES string of the molecule is Cc1c(F)cc(N)cc1S(=O)(=O)NC1(C)CCCCC1. The molecule has 6 heteroatoms. The predicted molar refractivity (Wildman–Crippen MR) is 77.4 cm³/mol. The topological polar surface area (TPSA) is 72.2 Å². The lowest BCUT2D eigenvalue weighted by atomic mass is 9.84. The summed E-state index contributed by atoms with van der Waals surface area (Å²) in [7, 11) is -3.76. The number of hydrogen-bond acceptors (Lipinski definition) is 3. The molecule has 1 saturated carbocycles. The Morgan fingerprint density at radius 1 is 1.25 bits per heavy atom. The van der Waals surface area contributed by atoms with Crippen LogP contribution in [0.4, 0.5) is 10.1 Å². The molecule has 0 spiro atoms. The van der Waals surface area contributed by atoms with Crippen molar-refractivity contribution in [2.45, 2.75) is 56.4 Å². The minimum Gasteiger partial charge on any atom is -0.399 e. The van der Waals surface area contributed by atoms with Gasteiger partial charge in [0.15, 0.2) is 0 Å². The molecule has 0 amide bonds. The van der Waals surface area contributed by atoms with Crippen LogP contribution in [-0.2, 0) is 10.0 Å². The Bertz CT molecular complexity index is 608. The zero-order valence-corrected chi connectivity index (χ0v) is 12.7. The quantitative estimate of drug-likeness (QED) is 0.843. The second-order valence-corrected chi connectivity index (χ2v) is 7.50. The number of nitrogens with two attached hydrogens (primary N) is 1. The fourth-order valence-corrected chi connectivity index (χ4v) is 4.52. The van der Waals surface area contributed by atoms with Gasteiger partial charge in [-0.15, -0.1) is 0 Å². The van der Waals surface area contributed by atoms with Crippen molar-refractivity contribution in [1.82, 2.24) is 4.72 Å². The molecule has 20 heavy (non-hydrogen) atoms. The van der Waals surface area contributed by atoms with E-state index in [0.29, 0.717) is 0 Å². The molecule has 0 aromatic heterocycles. The molecule has 0 radical (unpaired) electrons. The highest BCUT2D eigenvalue weighted by molar-refractivity contribution is 7.89. The number of nitrogen functional groups attached to an aromatic ring is 1. The van der Waals surface area contributed by atoms with Gasteiger partial charge in [-0.3, -0.25) is 0 Å². The van der Waals surface area contributed by atoms with Gasteiger partial charge in [-0.05, 0) is 38.8 Å². The van der Waals surface area contributed by atoms with Crippen molar-refractivity contribution in [3.05, 3.63) is 23.5 Å². The van der Waals surface area contributed by atoms with Crippen molar-refractivity contribution in [1.29, 1.82) is 0 Å². The first kappa shape index (κ1) is 15.3. The summed E-state index contributed by atoms with van der Waals surface area (Å²) in [6, 6.07) is 2.45. The van der Waals surface area contributed by atoms with Gasteiger partial charge in [-0.1, -0.05) is 19.3 Å². The third-order valence-electron chi connectivity index (χ3n) is 3.95. The fraction of sp³-hybridized carbons (Fsp3) is 0.571. The molecule has 1 aromatic rings. The van der Waals surface area contributed by atoms with E-state index in [2.05, 4.69) is 4.72 Å². The van der Waals surface area contributed by atoms with Crippen LogP contribution in [0.1, 0.15) is 44.6 Å². The molecule has 0 saturated heterocycles. The van der Waals surface area contributed by atoms with Gasteiger partial charge in [-0.2, -0.15) is 0 Å². The first-order chi connectivity index (χ1) is 9.23. The van der Waals surface area contributed by atoms with Crippen LogP contribution in [0.25, 0.3) is 0 Å². The Morgan fingerprint density at radius 2 is 1.85 bits per heavy atom. The van der Waals surface area contributed by atoms with Gasteiger partial charge in [0, 0.05) is 16.8 Å². The molecule has 0 unspecified atom stereocenters. The van der Waals surface area contributed by atoms with Crippen LogP contribution in [0, 0.1) is 12.7 Å². The molecular formula is C14H21FN2O2S. The van der Waals surface area contributed by atoms with Crippen molar-refractivity contribution < 1.29 is 12.8 Å². The van der Waals surface area contributed by atoms with E-state index in [1.165, 1.54) is 13.0 Å². The van der Waals surface area contributed by atoms with Crippen LogP contribution >= 0.6 is 0 Å². The zero-order valence-electron chi connectivity index (χ0n) is 11.9. The van der Waals surface area contributed by atoms with Crippen LogP contribution < -0.4 is 10.5 Å². The summed E-state index contributed by atoms with van der Waals surface area (Å²) in [5.41, 5.74) is 5.32. The third kappa shape index (κ3) is 3.12. The minimum absolute atomic E-state index is 0.0678. The van der Waals surface area contributed by atoms with Gasteiger partial charge >= 0.3 is 0 Å². The summed E-state index contributed by atoms with van der Waals surface area (Å²) in [6.07, 6.45) is 4.74. The summed E-state index contributed by atoms with van der Waals surface area (Å²) in [5, 5.41) is 0.